The Morgan fingerprint density at radius 1 is 0.793 bits per heavy atom. The number of anilines is 1. The summed E-state index contributed by atoms with van der Waals surface area (Å²) in [5.41, 5.74) is 0.636. The standard InChI is InChI=1S/C22H16BrN3O3/c23-15-11-13-16(14-12-15)24-20(27)19-21(28)25(17-7-3-1-4-8-17)26(22(19)29)18-9-5-2-6-10-18/h1-14,28H,(H,24,27). The Kier molecular flexibility index (Phi) is 5.05. The van der Waals surface area contributed by atoms with Gasteiger partial charge < -0.3 is 10.4 Å². The lowest BCUT2D eigenvalue weighted by atomic mass is 10.2. The van der Waals surface area contributed by atoms with Gasteiger partial charge in [0.05, 0.1) is 11.4 Å². The van der Waals surface area contributed by atoms with Gasteiger partial charge in [-0.25, -0.2) is 9.36 Å². The van der Waals surface area contributed by atoms with E-state index in [9.17, 15) is 14.7 Å². The molecule has 0 fully saturated rings. The van der Waals surface area contributed by atoms with Gasteiger partial charge in [-0.2, -0.15) is 0 Å². The summed E-state index contributed by atoms with van der Waals surface area (Å²) < 4.78 is 3.47. The Labute approximate surface area is 174 Å². The van der Waals surface area contributed by atoms with Gasteiger partial charge >= 0.3 is 0 Å². The van der Waals surface area contributed by atoms with Crippen molar-refractivity contribution in [1.29, 1.82) is 0 Å². The number of amides is 1. The van der Waals surface area contributed by atoms with E-state index in [1.54, 1.807) is 72.8 Å². The summed E-state index contributed by atoms with van der Waals surface area (Å²) >= 11 is 3.34. The molecule has 0 unspecified atom stereocenters. The fourth-order valence-electron chi connectivity index (χ4n) is 3.03. The highest BCUT2D eigenvalue weighted by Gasteiger charge is 2.27. The molecule has 4 aromatic rings. The lowest BCUT2D eigenvalue weighted by Gasteiger charge is -2.12. The minimum Gasteiger partial charge on any atom is -0.493 e. The number of hydrogen-bond acceptors (Lipinski definition) is 3. The van der Waals surface area contributed by atoms with Gasteiger partial charge in [0.2, 0.25) is 5.88 Å². The molecule has 0 bridgehead atoms. The zero-order valence-corrected chi connectivity index (χ0v) is 16.7. The van der Waals surface area contributed by atoms with Crippen LogP contribution in [0.15, 0.2) is 94.2 Å². The van der Waals surface area contributed by atoms with Crippen LogP contribution >= 0.6 is 15.9 Å². The lowest BCUT2D eigenvalue weighted by molar-refractivity contribution is 0.102. The second kappa shape index (κ2) is 7.81. The van der Waals surface area contributed by atoms with E-state index in [0.29, 0.717) is 17.1 Å². The van der Waals surface area contributed by atoms with Crippen LogP contribution in [-0.2, 0) is 0 Å². The van der Waals surface area contributed by atoms with Crippen LogP contribution in [0.25, 0.3) is 11.4 Å². The van der Waals surface area contributed by atoms with E-state index >= 15 is 0 Å². The third-order valence-corrected chi connectivity index (χ3v) is 4.89. The van der Waals surface area contributed by atoms with Gasteiger partial charge in [0.25, 0.3) is 11.5 Å². The first-order chi connectivity index (χ1) is 14.1. The molecular formula is C22H16BrN3O3. The van der Waals surface area contributed by atoms with Gasteiger partial charge in [-0.15, -0.1) is 0 Å². The summed E-state index contributed by atoms with van der Waals surface area (Å²) in [5.74, 6) is -1.12. The molecule has 1 amide bonds. The fraction of sp³-hybridized carbons (Fsp3) is 0. The molecule has 0 atom stereocenters. The summed E-state index contributed by atoms with van der Waals surface area (Å²) in [5, 5.41) is 13.5. The van der Waals surface area contributed by atoms with Crippen molar-refractivity contribution in [2.75, 3.05) is 5.32 Å². The second-order valence-electron chi connectivity index (χ2n) is 6.26. The van der Waals surface area contributed by atoms with Gasteiger partial charge in [0.1, 0.15) is 0 Å². The summed E-state index contributed by atoms with van der Waals surface area (Å²) in [6.07, 6.45) is 0. The van der Waals surface area contributed by atoms with Crippen LogP contribution in [0.4, 0.5) is 5.69 Å². The van der Waals surface area contributed by atoms with Crippen LogP contribution in [-0.4, -0.2) is 20.4 Å². The van der Waals surface area contributed by atoms with Crippen molar-refractivity contribution in [3.8, 4) is 17.3 Å². The Bertz CT molecular complexity index is 1210. The summed E-state index contributed by atoms with van der Waals surface area (Å²) in [7, 11) is 0. The maximum atomic E-state index is 13.2. The van der Waals surface area contributed by atoms with Gasteiger partial charge in [0.15, 0.2) is 5.56 Å². The van der Waals surface area contributed by atoms with Crippen molar-refractivity contribution in [1.82, 2.24) is 9.36 Å². The number of carbonyl (C=O) groups is 1. The third-order valence-electron chi connectivity index (χ3n) is 4.36. The molecule has 0 saturated heterocycles. The zero-order chi connectivity index (χ0) is 20.4. The first-order valence-electron chi connectivity index (χ1n) is 8.81. The van der Waals surface area contributed by atoms with Crippen LogP contribution in [0, 0.1) is 0 Å². The number of aromatic hydroxyl groups is 1. The first-order valence-corrected chi connectivity index (χ1v) is 9.60. The molecule has 0 spiro atoms. The average molecular weight is 450 g/mol. The van der Waals surface area contributed by atoms with Crippen molar-refractivity contribution < 1.29 is 9.90 Å². The van der Waals surface area contributed by atoms with E-state index in [2.05, 4.69) is 21.2 Å². The number of hydrogen-bond donors (Lipinski definition) is 2. The predicted octanol–water partition coefficient (Wildman–Crippen LogP) is 4.35. The molecule has 0 aliphatic heterocycles. The Morgan fingerprint density at radius 3 is 1.86 bits per heavy atom. The van der Waals surface area contributed by atoms with E-state index < -0.39 is 17.3 Å². The van der Waals surface area contributed by atoms with Crippen LogP contribution in [0.2, 0.25) is 0 Å². The van der Waals surface area contributed by atoms with E-state index in [1.807, 2.05) is 12.1 Å². The summed E-state index contributed by atoms with van der Waals surface area (Å²) in [6, 6.07) is 24.7. The van der Waals surface area contributed by atoms with E-state index in [-0.39, 0.29) is 5.56 Å². The fourth-order valence-corrected chi connectivity index (χ4v) is 3.29. The zero-order valence-electron chi connectivity index (χ0n) is 15.1. The number of carbonyl (C=O) groups excluding carboxylic acids is 1. The molecule has 1 heterocycles. The molecular weight excluding hydrogens is 434 g/mol. The van der Waals surface area contributed by atoms with Crippen molar-refractivity contribution in [2.24, 2.45) is 0 Å². The molecule has 144 valence electrons. The molecule has 0 aliphatic carbocycles. The van der Waals surface area contributed by atoms with Crippen molar-refractivity contribution >= 4 is 27.5 Å². The van der Waals surface area contributed by atoms with Crippen molar-refractivity contribution in [3.05, 3.63) is 105 Å². The Balaban J connectivity index is 1.87. The van der Waals surface area contributed by atoms with Gasteiger partial charge in [-0.3, -0.25) is 9.59 Å². The molecule has 29 heavy (non-hydrogen) atoms. The van der Waals surface area contributed by atoms with Crippen molar-refractivity contribution in [3.63, 3.8) is 0 Å². The summed E-state index contributed by atoms with van der Waals surface area (Å²) in [4.78, 5) is 26.0. The predicted molar refractivity (Wildman–Crippen MR) is 115 cm³/mol. The first kappa shape index (κ1) is 18.8. The van der Waals surface area contributed by atoms with E-state index in [4.69, 9.17) is 0 Å². The third kappa shape index (κ3) is 3.60. The number of para-hydroxylation sites is 2. The minimum atomic E-state index is -0.686. The Morgan fingerprint density at radius 2 is 1.31 bits per heavy atom. The lowest BCUT2D eigenvalue weighted by Crippen LogP contribution is -2.25. The number of halogens is 1. The molecule has 7 heteroatoms. The molecule has 3 aromatic carbocycles. The molecule has 0 saturated carbocycles. The average Bonchev–Trinajstić information content (AvgIpc) is 3.01. The molecule has 4 rings (SSSR count). The highest BCUT2D eigenvalue weighted by Crippen LogP contribution is 2.24. The Hall–Kier alpha value is -3.58. The quantitative estimate of drug-likeness (QED) is 0.486. The largest absolute Gasteiger partial charge is 0.493 e. The van der Waals surface area contributed by atoms with Crippen molar-refractivity contribution in [2.45, 2.75) is 0 Å². The number of nitrogens with zero attached hydrogens (tertiary/aromatic N) is 2. The van der Waals surface area contributed by atoms with Gasteiger partial charge in [-0.05, 0) is 48.5 Å². The molecule has 0 aliphatic rings. The maximum Gasteiger partial charge on any atom is 0.288 e. The number of benzene rings is 3. The molecule has 0 radical (unpaired) electrons. The monoisotopic (exact) mass is 449 g/mol. The highest BCUT2D eigenvalue weighted by atomic mass is 79.9. The van der Waals surface area contributed by atoms with Crippen LogP contribution in [0.5, 0.6) is 5.88 Å². The highest BCUT2D eigenvalue weighted by molar-refractivity contribution is 9.10. The van der Waals surface area contributed by atoms with E-state index in [1.165, 1.54) is 9.36 Å². The minimum absolute atomic E-state index is 0.333. The van der Waals surface area contributed by atoms with Gasteiger partial charge in [0, 0.05) is 10.2 Å². The molecule has 1 aromatic heterocycles. The van der Waals surface area contributed by atoms with Crippen LogP contribution < -0.4 is 10.9 Å². The number of nitrogens with one attached hydrogen (secondary N) is 1. The van der Waals surface area contributed by atoms with Crippen LogP contribution in [0.3, 0.4) is 0 Å². The number of rotatable bonds is 4. The topological polar surface area (TPSA) is 76.3 Å². The number of aromatic nitrogens is 2. The smallest absolute Gasteiger partial charge is 0.288 e. The van der Waals surface area contributed by atoms with Crippen LogP contribution in [0.1, 0.15) is 10.4 Å². The normalized spacial score (nSPS) is 10.7. The molecule has 6 nitrogen and oxygen atoms in total. The SMILES string of the molecule is O=C(Nc1ccc(Br)cc1)c1c(O)n(-c2ccccc2)n(-c2ccccc2)c1=O. The summed E-state index contributed by atoms with van der Waals surface area (Å²) in [6.45, 7) is 0. The second-order valence-corrected chi connectivity index (χ2v) is 7.18. The maximum absolute atomic E-state index is 13.2. The van der Waals surface area contributed by atoms with Gasteiger partial charge in [-0.1, -0.05) is 52.3 Å². The molecule has 2 N–H and O–H groups in total. The van der Waals surface area contributed by atoms with E-state index in [0.717, 1.165) is 4.47 Å².